The van der Waals surface area contributed by atoms with Gasteiger partial charge in [0.05, 0.1) is 7.05 Å². The number of para-hydroxylation sites is 1. The molecule has 13 heavy (non-hydrogen) atoms. The summed E-state index contributed by atoms with van der Waals surface area (Å²) in [5.41, 5.74) is 1.02. The fourth-order valence-corrected chi connectivity index (χ4v) is 1.24. The molecule has 1 aromatic carbocycles. The predicted molar refractivity (Wildman–Crippen MR) is 50.4 cm³/mol. The van der Waals surface area contributed by atoms with E-state index < -0.39 is 0 Å². The molecule has 0 atom stereocenters. The zero-order valence-electron chi connectivity index (χ0n) is 7.21. The van der Waals surface area contributed by atoms with E-state index >= 15 is 0 Å². The lowest BCUT2D eigenvalue weighted by Gasteiger charge is -1.89. The minimum Gasteiger partial charge on any atom is -0.703 e. The van der Waals surface area contributed by atoms with Gasteiger partial charge in [0.2, 0.25) is 6.33 Å². The molecule has 4 heteroatoms. The quantitative estimate of drug-likeness (QED) is 0.486. The molecule has 0 saturated heterocycles. The number of hydrogen-bond acceptors (Lipinski definition) is 2. The van der Waals surface area contributed by atoms with Crippen LogP contribution in [0, 0.1) is 0 Å². The Kier molecular flexibility index (Phi) is 1.98. The van der Waals surface area contributed by atoms with E-state index in [0.29, 0.717) is 5.16 Å². The first-order valence-corrected chi connectivity index (χ1v) is 4.36. The maximum atomic E-state index is 5.01. The van der Waals surface area contributed by atoms with E-state index in [4.69, 9.17) is 12.6 Å². The second-order valence-corrected chi connectivity index (χ2v) is 3.15. The summed E-state index contributed by atoms with van der Waals surface area (Å²) >= 11 is 5.01. The van der Waals surface area contributed by atoms with Gasteiger partial charge in [0.1, 0.15) is 5.69 Å². The van der Waals surface area contributed by atoms with Crippen molar-refractivity contribution in [3.8, 4) is 5.69 Å². The molecule has 66 valence electrons. The molecule has 0 spiro atoms. The summed E-state index contributed by atoms with van der Waals surface area (Å²) in [7, 11) is 1.88. The summed E-state index contributed by atoms with van der Waals surface area (Å²) in [6.07, 6.45) is 1.86. The highest BCUT2D eigenvalue weighted by atomic mass is 32.1. The van der Waals surface area contributed by atoms with Gasteiger partial charge in [-0.1, -0.05) is 22.9 Å². The van der Waals surface area contributed by atoms with Crippen LogP contribution in [0.4, 0.5) is 0 Å². The Balaban J connectivity index is 2.48. The van der Waals surface area contributed by atoms with Gasteiger partial charge in [0, 0.05) is 5.10 Å². The van der Waals surface area contributed by atoms with Crippen molar-refractivity contribution in [2.24, 2.45) is 7.05 Å². The van der Waals surface area contributed by atoms with Gasteiger partial charge in [0.25, 0.3) is 0 Å². The molecule has 0 radical (unpaired) electrons. The van der Waals surface area contributed by atoms with Crippen molar-refractivity contribution in [3.05, 3.63) is 36.7 Å². The van der Waals surface area contributed by atoms with E-state index in [2.05, 4.69) is 5.10 Å². The molecule has 0 unspecified atom stereocenters. The lowest BCUT2D eigenvalue weighted by atomic mass is 10.3. The smallest absolute Gasteiger partial charge is 0.227 e. The van der Waals surface area contributed by atoms with Crippen molar-refractivity contribution in [2.75, 3.05) is 0 Å². The van der Waals surface area contributed by atoms with Crippen LogP contribution in [0.25, 0.3) is 5.69 Å². The summed E-state index contributed by atoms with van der Waals surface area (Å²) in [5.74, 6) is 0. The monoisotopic (exact) mass is 191 g/mol. The highest BCUT2D eigenvalue weighted by Gasteiger charge is 2.05. The van der Waals surface area contributed by atoms with E-state index in [0.717, 1.165) is 5.69 Å². The third-order valence-corrected chi connectivity index (χ3v) is 2.17. The molecule has 1 aromatic heterocycles. The standard InChI is InChI=1S/C9H9N3S/c1-11-7-12(10-9(11)13)8-5-3-2-4-6-8/h2-7H,1H3. The summed E-state index contributed by atoms with van der Waals surface area (Å²) in [6, 6.07) is 9.89. The van der Waals surface area contributed by atoms with Crippen LogP contribution < -0.4 is 4.57 Å². The second-order valence-electron chi connectivity index (χ2n) is 2.79. The van der Waals surface area contributed by atoms with Crippen LogP contribution in [0.3, 0.4) is 0 Å². The third kappa shape index (κ3) is 1.53. The van der Waals surface area contributed by atoms with E-state index in [9.17, 15) is 0 Å². The average molecular weight is 191 g/mol. The Morgan fingerprint density at radius 3 is 2.54 bits per heavy atom. The molecule has 1 heterocycles. The van der Waals surface area contributed by atoms with Crippen molar-refractivity contribution in [3.63, 3.8) is 0 Å². The maximum Gasteiger partial charge on any atom is 0.227 e. The molecule has 0 fully saturated rings. The number of rotatable bonds is 1. The van der Waals surface area contributed by atoms with Gasteiger partial charge < -0.3 is 12.6 Å². The summed E-state index contributed by atoms with van der Waals surface area (Å²) in [4.78, 5) is 0. The summed E-state index contributed by atoms with van der Waals surface area (Å²) < 4.78 is 3.57. The molecule has 0 N–H and O–H groups in total. The highest BCUT2D eigenvalue weighted by Crippen LogP contribution is 2.03. The van der Waals surface area contributed by atoms with Crippen molar-refractivity contribution < 1.29 is 4.57 Å². The molecule has 0 aliphatic carbocycles. The predicted octanol–water partition coefficient (Wildman–Crippen LogP) is 0.603. The SMILES string of the molecule is C[n+]1cn(-c2ccccc2)nc1[S-]. The topological polar surface area (TPSA) is 21.7 Å². The van der Waals surface area contributed by atoms with Crippen LogP contribution >= 0.6 is 0 Å². The fourth-order valence-electron chi connectivity index (χ4n) is 1.11. The van der Waals surface area contributed by atoms with E-state index in [1.165, 1.54) is 0 Å². The lowest BCUT2D eigenvalue weighted by Crippen LogP contribution is -2.27. The van der Waals surface area contributed by atoms with Crippen molar-refractivity contribution >= 4 is 12.6 Å². The van der Waals surface area contributed by atoms with E-state index in [-0.39, 0.29) is 0 Å². The highest BCUT2D eigenvalue weighted by molar-refractivity contribution is 7.58. The molecule has 0 aliphatic heterocycles. The number of aromatic nitrogens is 3. The molecule has 0 saturated carbocycles. The number of aryl methyl sites for hydroxylation is 1. The molecule has 2 aromatic rings. The Hall–Kier alpha value is -1.42. The molecule has 2 rings (SSSR count). The van der Waals surface area contributed by atoms with Crippen LogP contribution in [-0.2, 0) is 19.7 Å². The van der Waals surface area contributed by atoms with Crippen LogP contribution in [-0.4, -0.2) is 9.78 Å². The Labute approximate surface area is 82.0 Å². The maximum absolute atomic E-state index is 5.01. The molecular weight excluding hydrogens is 182 g/mol. The van der Waals surface area contributed by atoms with Crippen molar-refractivity contribution in [2.45, 2.75) is 5.16 Å². The first kappa shape index (κ1) is 8.19. The zero-order chi connectivity index (χ0) is 9.26. The molecule has 0 amide bonds. The Bertz CT molecular complexity index is 389. The van der Waals surface area contributed by atoms with E-state index in [1.54, 1.807) is 4.68 Å². The molecular formula is C9H9N3S. The van der Waals surface area contributed by atoms with Gasteiger partial charge in [-0.3, -0.25) is 4.57 Å². The van der Waals surface area contributed by atoms with Crippen molar-refractivity contribution in [1.29, 1.82) is 0 Å². The first-order valence-electron chi connectivity index (χ1n) is 3.95. The second kappa shape index (κ2) is 3.14. The summed E-state index contributed by atoms with van der Waals surface area (Å²) in [6.45, 7) is 0. The van der Waals surface area contributed by atoms with Crippen LogP contribution in [0.2, 0.25) is 0 Å². The van der Waals surface area contributed by atoms with E-state index in [1.807, 2.05) is 48.3 Å². The average Bonchev–Trinajstić information content (AvgIpc) is 2.49. The molecule has 0 bridgehead atoms. The lowest BCUT2D eigenvalue weighted by molar-refractivity contribution is -0.709. The number of hydrogen-bond donors (Lipinski definition) is 0. The van der Waals surface area contributed by atoms with Crippen molar-refractivity contribution in [1.82, 2.24) is 9.78 Å². The Morgan fingerprint density at radius 2 is 2.00 bits per heavy atom. The number of nitrogens with zero attached hydrogens (tertiary/aromatic N) is 3. The molecule has 0 aliphatic rings. The van der Waals surface area contributed by atoms with Crippen LogP contribution in [0.1, 0.15) is 0 Å². The largest absolute Gasteiger partial charge is 0.703 e. The first-order chi connectivity index (χ1) is 6.27. The minimum atomic E-state index is 0.587. The van der Waals surface area contributed by atoms with Gasteiger partial charge in [-0.05, 0) is 12.1 Å². The number of benzene rings is 1. The zero-order valence-corrected chi connectivity index (χ0v) is 8.03. The summed E-state index contributed by atoms with van der Waals surface area (Å²) in [5, 5.41) is 4.76. The van der Waals surface area contributed by atoms with Crippen LogP contribution in [0.15, 0.2) is 41.8 Å². The van der Waals surface area contributed by atoms with Gasteiger partial charge >= 0.3 is 0 Å². The van der Waals surface area contributed by atoms with Gasteiger partial charge in [0.15, 0.2) is 5.16 Å². The molecule has 3 nitrogen and oxygen atoms in total. The van der Waals surface area contributed by atoms with Gasteiger partial charge in [-0.25, -0.2) is 0 Å². The Morgan fingerprint density at radius 1 is 1.31 bits per heavy atom. The van der Waals surface area contributed by atoms with Crippen LogP contribution in [0.5, 0.6) is 0 Å². The minimum absolute atomic E-state index is 0.587. The third-order valence-electron chi connectivity index (χ3n) is 1.80. The van der Waals surface area contributed by atoms with Gasteiger partial charge in [-0.15, -0.1) is 0 Å². The van der Waals surface area contributed by atoms with Gasteiger partial charge in [-0.2, -0.15) is 0 Å². The normalized spacial score (nSPS) is 10.2. The fraction of sp³-hybridized carbons (Fsp3) is 0.111.